The first-order valence-corrected chi connectivity index (χ1v) is 13.1. The number of thiophene rings is 1. The van der Waals surface area contributed by atoms with Crippen molar-refractivity contribution in [3.8, 4) is 16.9 Å². The average Bonchev–Trinajstić information content (AvgIpc) is 3.45. The molecule has 0 aliphatic heterocycles. The number of aromatic hydroxyl groups is 1. The third-order valence-electron chi connectivity index (χ3n) is 6.08. The first kappa shape index (κ1) is 27.7. The number of para-hydroxylation sites is 1. The van der Waals surface area contributed by atoms with Gasteiger partial charge in [-0.15, -0.1) is 11.3 Å². The van der Waals surface area contributed by atoms with Crippen molar-refractivity contribution < 1.29 is 24.9 Å². The van der Waals surface area contributed by atoms with Crippen molar-refractivity contribution in [1.29, 1.82) is 0 Å². The summed E-state index contributed by atoms with van der Waals surface area (Å²) >= 11 is 1.33. The molecular formula is C28H29N5O5S. The molecule has 0 radical (unpaired) electrons. The number of aryl methyl sites for hydroxylation is 2. The molecule has 0 spiro atoms. The van der Waals surface area contributed by atoms with Crippen LogP contribution in [0.25, 0.3) is 11.1 Å². The second-order valence-corrected chi connectivity index (χ2v) is 9.79. The minimum atomic E-state index is -1.28. The lowest BCUT2D eigenvalue weighted by Crippen LogP contribution is -2.48. The smallest absolute Gasteiger partial charge is 0.327 e. The van der Waals surface area contributed by atoms with Gasteiger partial charge in [0, 0.05) is 23.5 Å². The number of nitrogens with zero attached hydrogens (tertiary/aromatic N) is 2. The Morgan fingerprint density at radius 1 is 0.949 bits per heavy atom. The number of hydrogen-bond donors (Lipinski definition) is 6. The summed E-state index contributed by atoms with van der Waals surface area (Å²) in [5.74, 6) is -1.38. The van der Waals surface area contributed by atoms with Crippen LogP contribution >= 0.6 is 11.3 Å². The summed E-state index contributed by atoms with van der Waals surface area (Å²) in [6.07, 6.45) is -1.04. The molecule has 2 aromatic carbocycles. The van der Waals surface area contributed by atoms with E-state index in [-0.39, 0.29) is 17.9 Å². The van der Waals surface area contributed by atoms with Crippen LogP contribution in [0.4, 0.5) is 5.95 Å². The van der Waals surface area contributed by atoms with E-state index in [0.717, 1.165) is 11.1 Å². The van der Waals surface area contributed by atoms with Crippen LogP contribution in [0.3, 0.4) is 0 Å². The van der Waals surface area contributed by atoms with Gasteiger partial charge >= 0.3 is 5.97 Å². The monoisotopic (exact) mass is 547 g/mol. The van der Waals surface area contributed by atoms with E-state index < -0.39 is 24.1 Å². The highest BCUT2D eigenvalue weighted by molar-refractivity contribution is 7.10. The third-order valence-corrected chi connectivity index (χ3v) is 7.00. The number of carboxylic acid groups (broad SMARTS) is 1. The van der Waals surface area contributed by atoms with Gasteiger partial charge in [-0.05, 0) is 42.5 Å². The summed E-state index contributed by atoms with van der Waals surface area (Å²) in [7, 11) is 0. The number of hydrogen-bond acceptors (Lipinski definition) is 9. The van der Waals surface area contributed by atoms with Crippen molar-refractivity contribution in [3.05, 3.63) is 93.4 Å². The van der Waals surface area contributed by atoms with E-state index in [0.29, 0.717) is 34.3 Å². The summed E-state index contributed by atoms with van der Waals surface area (Å²) in [4.78, 5) is 34.2. The second-order valence-electron chi connectivity index (χ2n) is 8.81. The Balaban J connectivity index is 1.44. The van der Waals surface area contributed by atoms with Crippen molar-refractivity contribution >= 4 is 29.2 Å². The number of carboxylic acids is 1. The van der Waals surface area contributed by atoms with E-state index in [1.54, 1.807) is 43.5 Å². The van der Waals surface area contributed by atoms with Crippen molar-refractivity contribution in [2.75, 3.05) is 11.9 Å². The van der Waals surface area contributed by atoms with Gasteiger partial charge in [-0.1, -0.05) is 48.5 Å². The lowest BCUT2D eigenvalue weighted by atomic mass is 9.99. The molecule has 2 atom stereocenters. The highest BCUT2D eigenvalue weighted by Crippen LogP contribution is 2.31. The molecule has 2 unspecified atom stereocenters. The number of rotatable bonds is 11. The van der Waals surface area contributed by atoms with Crippen LogP contribution in [-0.4, -0.2) is 49.8 Å². The summed E-state index contributed by atoms with van der Waals surface area (Å²) in [6, 6.07) is 17.0. The first-order valence-electron chi connectivity index (χ1n) is 12.2. The number of nitrogens with one attached hydrogen (secondary N) is 3. The highest BCUT2D eigenvalue weighted by atomic mass is 32.1. The van der Waals surface area contributed by atoms with E-state index in [2.05, 4.69) is 25.9 Å². The number of phenolic OH excluding ortho intramolecular Hbond substituents is 1. The topological polar surface area (TPSA) is 157 Å². The van der Waals surface area contributed by atoms with Gasteiger partial charge in [-0.25, -0.2) is 14.8 Å². The van der Waals surface area contributed by atoms with Gasteiger partial charge in [-0.2, -0.15) is 0 Å². The Labute approximate surface area is 229 Å². The van der Waals surface area contributed by atoms with Crippen LogP contribution in [0.15, 0.2) is 66.0 Å². The Bertz CT molecular complexity index is 1440. The van der Waals surface area contributed by atoms with Crippen LogP contribution in [0, 0.1) is 13.8 Å². The molecule has 0 fully saturated rings. The minimum absolute atomic E-state index is 0.180. The zero-order valence-corrected chi connectivity index (χ0v) is 22.2. The first-order chi connectivity index (χ1) is 18.7. The molecule has 0 saturated heterocycles. The average molecular weight is 548 g/mol. The van der Waals surface area contributed by atoms with E-state index in [1.165, 1.54) is 11.3 Å². The predicted octanol–water partition coefficient (Wildman–Crippen LogP) is 3.60. The molecule has 4 aromatic rings. The maximum absolute atomic E-state index is 13.0. The normalized spacial score (nSPS) is 12.5. The maximum atomic E-state index is 13.0. The van der Waals surface area contributed by atoms with Crippen LogP contribution < -0.4 is 16.0 Å². The van der Waals surface area contributed by atoms with E-state index in [1.807, 2.05) is 36.4 Å². The zero-order chi connectivity index (χ0) is 27.9. The zero-order valence-electron chi connectivity index (χ0n) is 21.4. The number of carbonyl (C=O) groups is 2. The summed E-state index contributed by atoms with van der Waals surface area (Å²) in [5, 5.41) is 40.3. The van der Waals surface area contributed by atoms with E-state index in [4.69, 9.17) is 0 Å². The molecule has 11 heteroatoms. The fourth-order valence-electron chi connectivity index (χ4n) is 4.14. The lowest BCUT2D eigenvalue weighted by Gasteiger charge is -2.19. The molecule has 0 aliphatic carbocycles. The Morgan fingerprint density at radius 3 is 2.26 bits per heavy atom. The highest BCUT2D eigenvalue weighted by Gasteiger charge is 2.25. The van der Waals surface area contributed by atoms with Gasteiger partial charge in [0.1, 0.15) is 18.0 Å². The molecular weight excluding hydrogens is 518 g/mol. The third kappa shape index (κ3) is 6.77. The molecule has 2 heterocycles. The molecule has 10 nitrogen and oxygen atoms in total. The fraction of sp³-hybridized carbons (Fsp3) is 0.214. The summed E-state index contributed by atoms with van der Waals surface area (Å²) in [5.41, 5.74) is 3.44. The van der Waals surface area contributed by atoms with Crippen molar-refractivity contribution in [1.82, 2.24) is 20.6 Å². The number of aliphatic hydroxyl groups excluding tert-OH is 1. The Morgan fingerprint density at radius 2 is 1.62 bits per heavy atom. The number of amides is 1. The largest absolute Gasteiger partial charge is 0.507 e. The summed E-state index contributed by atoms with van der Waals surface area (Å²) in [6.45, 7) is 3.49. The number of aliphatic hydroxyl groups is 1. The van der Waals surface area contributed by atoms with Gasteiger partial charge in [0.2, 0.25) is 5.95 Å². The number of phenols is 1. The Hall–Kier alpha value is -4.32. The molecule has 2 aromatic heterocycles. The predicted molar refractivity (Wildman–Crippen MR) is 149 cm³/mol. The molecule has 0 saturated carbocycles. The van der Waals surface area contributed by atoms with Gasteiger partial charge in [0.15, 0.2) is 0 Å². The van der Waals surface area contributed by atoms with Crippen LogP contribution in [0.5, 0.6) is 5.75 Å². The number of aliphatic carboxylic acids is 1. The Kier molecular flexibility index (Phi) is 8.87. The SMILES string of the molecule is Cc1nc(NCc2ccccc2-c2ccccc2O)nc(C)c1C(=O)NC(CNC(O)c1cccs1)C(=O)O. The number of aromatic nitrogens is 2. The van der Waals surface area contributed by atoms with Crippen LogP contribution in [0.1, 0.15) is 38.4 Å². The van der Waals surface area contributed by atoms with Crippen LogP contribution in [0.2, 0.25) is 0 Å². The van der Waals surface area contributed by atoms with Crippen molar-refractivity contribution in [3.63, 3.8) is 0 Å². The molecule has 6 N–H and O–H groups in total. The van der Waals surface area contributed by atoms with Gasteiger partial charge in [0.25, 0.3) is 5.91 Å². The van der Waals surface area contributed by atoms with Crippen molar-refractivity contribution in [2.24, 2.45) is 0 Å². The molecule has 1 amide bonds. The van der Waals surface area contributed by atoms with Crippen molar-refractivity contribution in [2.45, 2.75) is 32.7 Å². The van der Waals surface area contributed by atoms with E-state index in [9.17, 15) is 24.9 Å². The maximum Gasteiger partial charge on any atom is 0.327 e. The lowest BCUT2D eigenvalue weighted by molar-refractivity contribution is -0.139. The molecule has 0 bridgehead atoms. The van der Waals surface area contributed by atoms with Gasteiger partial charge < -0.3 is 26.0 Å². The summed E-state index contributed by atoms with van der Waals surface area (Å²) < 4.78 is 0. The molecule has 4 rings (SSSR count). The van der Waals surface area contributed by atoms with Gasteiger partial charge in [0.05, 0.1) is 17.0 Å². The standard InChI is InChI=1S/C28H29N5O5S/c1-16-24(26(36)33-21(27(37)38)15-29-25(35)23-12-7-13-39-23)17(2)32-28(31-16)30-14-18-8-3-4-9-19(18)20-10-5-6-11-22(20)34/h3-13,21,25,29,34-35H,14-15H2,1-2H3,(H,33,36)(H,37,38)(H,30,31,32). The second kappa shape index (κ2) is 12.5. The molecule has 202 valence electrons. The number of benzene rings is 2. The van der Waals surface area contributed by atoms with Gasteiger partial charge in [-0.3, -0.25) is 10.1 Å². The van der Waals surface area contributed by atoms with E-state index >= 15 is 0 Å². The fourth-order valence-corrected chi connectivity index (χ4v) is 4.83. The molecule has 39 heavy (non-hydrogen) atoms. The number of anilines is 1. The number of carbonyl (C=O) groups excluding carboxylic acids is 1. The van der Waals surface area contributed by atoms with Crippen LogP contribution in [-0.2, 0) is 11.3 Å². The minimum Gasteiger partial charge on any atom is -0.507 e. The molecule has 0 aliphatic rings. The quantitative estimate of drug-likeness (QED) is 0.154.